The molecule has 1 aliphatic heterocycles. The lowest BCUT2D eigenvalue weighted by Crippen LogP contribution is -2.51. The minimum Gasteiger partial charge on any atom is -0.296 e. The third-order valence-electron chi connectivity index (χ3n) is 4.06. The number of rotatable bonds is 5. The van der Waals surface area contributed by atoms with Crippen molar-refractivity contribution in [3.63, 3.8) is 0 Å². The van der Waals surface area contributed by atoms with E-state index in [0.29, 0.717) is 32.7 Å². The van der Waals surface area contributed by atoms with Crippen LogP contribution in [-0.4, -0.2) is 62.2 Å². The Morgan fingerprint density at radius 3 is 2.26 bits per heavy atom. The molecule has 1 heterocycles. The molecule has 0 amide bonds. The van der Waals surface area contributed by atoms with Gasteiger partial charge in [0, 0.05) is 46.8 Å². The first-order valence-electron chi connectivity index (χ1n) is 7.70. The first-order chi connectivity index (χ1) is 10.7. The molecule has 1 aromatic rings. The summed E-state index contributed by atoms with van der Waals surface area (Å²) in [4.78, 5) is 2.16. The van der Waals surface area contributed by atoms with Gasteiger partial charge in [-0.05, 0) is 29.2 Å². The van der Waals surface area contributed by atoms with E-state index in [1.165, 1.54) is 8.61 Å². The molecule has 129 valence electrons. The third-order valence-corrected chi connectivity index (χ3v) is 6.00. The summed E-state index contributed by atoms with van der Waals surface area (Å²) in [5.74, 6) is 0.847. The molecule has 23 heavy (non-hydrogen) atoms. The number of benzene rings is 1. The zero-order chi connectivity index (χ0) is 17.2. The minimum atomic E-state index is -3.34. The second-order valence-corrected chi connectivity index (χ2v) is 8.46. The molecule has 1 fully saturated rings. The highest BCUT2D eigenvalue weighted by Crippen LogP contribution is 2.19. The van der Waals surface area contributed by atoms with Crippen LogP contribution in [0.15, 0.2) is 18.2 Å². The van der Waals surface area contributed by atoms with Gasteiger partial charge in [0.25, 0.3) is 10.2 Å². The Labute approximate surface area is 138 Å². The van der Waals surface area contributed by atoms with E-state index < -0.39 is 10.2 Å². The molecule has 0 spiro atoms. The van der Waals surface area contributed by atoms with Crippen LogP contribution in [0.4, 0.5) is 4.39 Å². The van der Waals surface area contributed by atoms with Gasteiger partial charge in [-0.2, -0.15) is 17.0 Å². The summed E-state index contributed by atoms with van der Waals surface area (Å²) < 4.78 is 40.6. The number of hydrogen-bond acceptors (Lipinski definition) is 3. The van der Waals surface area contributed by atoms with E-state index in [9.17, 15) is 12.8 Å². The standard InChI is InChI=1S/C16H25FN3O2S/c1-13(2)15-9-14(10-16(17)11-15)12-19-5-7-20(8-6-19)23(21,22)18(3)4/h9-11H,5-8,12H2,1-4H3. The first kappa shape index (κ1) is 18.3. The molecule has 0 aromatic heterocycles. The van der Waals surface area contributed by atoms with Gasteiger partial charge in [0.2, 0.25) is 0 Å². The average Bonchev–Trinajstić information content (AvgIpc) is 2.47. The Balaban J connectivity index is 2.00. The SMILES string of the molecule is C[C](C)c1cc(F)cc(CN2CCN(S(=O)(=O)N(C)C)CC2)c1. The maximum absolute atomic E-state index is 13.7. The largest absolute Gasteiger partial charge is 0.296 e. The lowest BCUT2D eigenvalue weighted by Gasteiger charge is -2.35. The van der Waals surface area contributed by atoms with Crippen molar-refractivity contribution in [1.82, 2.24) is 13.5 Å². The van der Waals surface area contributed by atoms with Crippen LogP contribution in [-0.2, 0) is 16.8 Å². The molecule has 0 unspecified atom stereocenters. The van der Waals surface area contributed by atoms with Crippen molar-refractivity contribution < 1.29 is 12.8 Å². The molecule has 7 heteroatoms. The maximum atomic E-state index is 13.7. The van der Waals surface area contributed by atoms with Crippen LogP contribution in [0.2, 0.25) is 0 Å². The highest BCUT2D eigenvalue weighted by molar-refractivity contribution is 7.86. The fourth-order valence-electron chi connectivity index (χ4n) is 2.64. The van der Waals surface area contributed by atoms with Crippen LogP contribution in [0.25, 0.3) is 0 Å². The monoisotopic (exact) mass is 342 g/mol. The van der Waals surface area contributed by atoms with Crippen LogP contribution in [0, 0.1) is 11.7 Å². The molecule has 0 N–H and O–H groups in total. The van der Waals surface area contributed by atoms with Gasteiger partial charge in [0.15, 0.2) is 0 Å². The number of hydrogen-bond donors (Lipinski definition) is 0. The Kier molecular flexibility index (Phi) is 5.78. The van der Waals surface area contributed by atoms with Gasteiger partial charge >= 0.3 is 0 Å². The fraction of sp³-hybridized carbons (Fsp3) is 0.562. The van der Waals surface area contributed by atoms with Crippen molar-refractivity contribution in [2.45, 2.75) is 20.4 Å². The van der Waals surface area contributed by atoms with E-state index in [-0.39, 0.29) is 5.82 Å². The molecule has 0 aliphatic carbocycles. The number of nitrogens with zero attached hydrogens (tertiary/aromatic N) is 3. The minimum absolute atomic E-state index is 0.229. The molecule has 1 saturated heterocycles. The van der Waals surface area contributed by atoms with Crippen molar-refractivity contribution in [3.05, 3.63) is 41.1 Å². The number of piperazine rings is 1. The Bertz CT molecular complexity index is 639. The predicted molar refractivity (Wildman–Crippen MR) is 89.5 cm³/mol. The van der Waals surface area contributed by atoms with Crippen LogP contribution < -0.4 is 0 Å². The van der Waals surface area contributed by atoms with Gasteiger partial charge < -0.3 is 0 Å². The van der Waals surface area contributed by atoms with Crippen LogP contribution >= 0.6 is 0 Å². The van der Waals surface area contributed by atoms with Crippen molar-refractivity contribution in [2.75, 3.05) is 40.3 Å². The second kappa shape index (κ2) is 7.25. The molecule has 2 rings (SSSR count). The summed E-state index contributed by atoms with van der Waals surface area (Å²) in [6, 6.07) is 5.09. The van der Waals surface area contributed by atoms with Crippen molar-refractivity contribution >= 4 is 10.2 Å². The zero-order valence-electron chi connectivity index (χ0n) is 14.2. The molecule has 1 aromatic carbocycles. The first-order valence-corrected chi connectivity index (χ1v) is 9.10. The van der Waals surface area contributed by atoms with E-state index >= 15 is 0 Å². The second-order valence-electron chi connectivity index (χ2n) is 6.31. The van der Waals surface area contributed by atoms with Crippen LogP contribution in [0.3, 0.4) is 0 Å². The van der Waals surface area contributed by atoms with E-state index in [1.807, 2.05) is 19.9 Å². The summed E-state index contributed by atoms with van der Waals surface area (Å²) in [7, 11) is -0.262. The summed E-state index contributed by atoms with van der Waals surface area (Å²) in [5, 5.41) is 0. The Morgan fingerprint density at radius 2 is 1.74 bits per heavy atom. The predicted octanol–water partition coefficient (Wildman–Crippen LogP) is 1.71. The highest BCUT2D eigenvalue weighted by atomic mass is 32.2. The Hall–Kier alpha value is -1.02. The normalized spacial score (nSPS) is 18.0. The summed E-state index contributed by atoms with van der Waals surface area (Å²) in [5.41, 5.74) is 1.83. The quantitative estimate of drug-likeness (QED) is 0.818. The van der Waals surface area contributed by atoms with E-state index in [4.69, 9.17) is 0 Å². The van der Waals surface area contributed by atoms with Crippen molar-refractivity contribution in [3.8, 4) is 0 Å². The van der Waals surface area contributed by atoms with Gasteiger partial charge in [0.1, 0.15) is 5.82 Å². The highest BCUT2D eigenvalue weighted by Gasteiger charge is 2.28. The van der Waals surface area contributed by atoms with Gasteiger partial charge in [-0.15, -0.1) is 0 Å². The third kappa shape index (κ3) is 4.50. The number of halogens is 1. The lowest BCUT2D eigenvalue weighted by atomic mass is 10.0. The lowest BCUT2D eigenvalue weighted by molar-refractivity contribution is 0.177. The average molecular weight is 342 g/mol. The van der Waals surface area contributed by atoms with Crippen LogP contribution in [0.1, 0.15) is 25.0 Å². The van der Waals surface area contributed by atoms with Gasteiger partial charge in [0.05, 0.1) is 0 Å². The van der Waals surface area contributed by atoms with E-state index in [0.717, 1.165) is 17.0 Å². The topological polar surface area (TPSA) is 43.9 Å². The maximum Gasteiger partial charge on any atom is 0.281 e. The van der Waals surface area contributed by atoms with Crippen LogP contribution in [0.5, 0.6) is 0 Å². The molecule has 5 nitrogen and oxygen atoms in total. The molecular formula is C16H25FN3O2S. The van der Waals surface area contributed by atoms with E-state index in [2.05, 4.69) is 4.90 Å². The van der Waals surface area contributed by atoms with Gasteiger partial charge in [-0.3, -0.25) is 4.90 Å². The molecule has 0 saturated carbocycles. The summed E-state index contributed by atoms with van der Waals surface area (Å²) in [6.07, 6.45) is 0. The van der Waals surface area contributed by atoms with Gasteiger partial charge in [-0.25, -0.2) is 4.39 Å². The molecule has 1 aliphatic rings. The fourth-order valence-corrected chi connectivity index (χ4v) is 3.72. The smallest absolute Gasteiger partial charge is 0.281 e. The summed E-state index contributed by atoms with van der Waals surface area (Å²) >= 11 is 0. The summed E-state index contributed by atoms with van der Waals surface area (Å²) in [6.45, 7) is 6.77. The molecule has 1 radical (unpaired) electrons. The molecule has 0 atom stereocenters. The van der Waals surface area contributed by atoms with Crippen molar-refractivity contribution in [1.29, 1.82) is 0 Å². The zero-order valence-corrected chi connectivity index (χ0v) is 15.0. The van der Waals surface area contributed by atoms with Gasteiger partial charge in [-0.1, -0.05) is 19.9 Å². The molecular weight excluding hydrogens is 317 g/mol. The molecule has 0 bridgehead atoms. The van der Waals surface area contributed by atoms with Crippen molar-refractivity contribution in [2.24, 2.45) is 0 Å². The van der Waals surface area contributed by atoms with E-state index in [1.54, 1.807) is 26.2 Å². The Morgan fingerprint density at radius 1 is 1.13 bits per heavy atom.